The van der Waals surface area contributed by atoms with Gasteiger partial charge in [0, 0.05) is 12.7 Å². The highest BCUT2D eigenvalue weighted by Gasteiger charge is 1.92. The van der Waals surface area contributed by atoms with Gasteiger partial charge >= 0.3 is 0 Å². The van der Waals surface area contributed by atoms with Crippen LogP contribution in [-0.2, 0) is 0 Å². The van der Waals surface area contributed by atoms with Crippen LogP contribution in [0.5, 0.6) is 0 Å². The minimum absolute atomic E-state index is 1.22. The predicted octanol–water partition coefficient (Wildman–Crippen LogP) is 2.59. The molecule has 1 aromatic carbocycles. The minimum Gasteiger partial charge on any atom is -0.388 e. The maximum absolute atomic E-state index is 4.00. The molecule has 1 heteroatoms. The first-order chi connectivity index (χ1) is 5.74. The molecule has 0 bridgehead atoms. The lowest BCUT2D eigenvalue weighted by Crippen LogP contribution is -1.91. The summed E-state index contributed by atoms with van der Waals surface area (Å²) in [5, 5.41) is 3.14. The van der Waals surface area contributed by atoms with E-state index in [-0.39, 0.29) is 0 Å². The van der Waals surface area contributed by atoms with Crippen molar-refractivity contribution in [3.63, 3.8) is 0 Å². The summed E-state index contributed by atoms with van der Waals surface area (Å²) in [6, 6.07) is 6.40. The molecule has 0 heterocycles. The van der Waals surface area contributed by atoms with Gasteiger partial charge in [-0.15, -0.1) is 12.8 Å². The highest BCUT2D eigenvalue weighted by Crippen LogP contribution is 2.14. The quantitative estimate of drug-likeness (QED) is 0.624. The summed E-state index contributed by atoms with van der Waals surface area (Å²) in [7, 11) is 1.95. The smallest absolute Gasteiger partial charge is 0.0369 e. The lowest BCUT2D eigenvalue weighted by atomic mass is 10.1. The fourth-order valence-electron chi connectivity index (χ4n) is 1.01. The summed E-state index contributed by atoms with van der Waals surface area (Å²) >= 11 is 0. The molecule has 0 aliphatic rings. The predicted molar refractivity (Wildman–Crippen MR) is 55.4 cm³/mol. The van der Waals surface area contributed by atoms with E-state index in [1.807, 2.05) is 7.05 Å². The number of hydrogen-bond donors (Lipinski definition) is 1. The lowest BCUT2D eigenvalue weighted by Gasteiger charge is -2.04. The third kappa shape index (κ3) is 2.67. The fourth-order valence-corrected chi connectivity index (χ4v) is 1.01. The summed E-state index contributed by atoms with van der Waals surface area (Å²) in [6.45, 7) is 4.20. The zero-order valence-electron chi connectivity index (χ0n) is 7.89. The van der Waals surface area contributed by atoms with Gasteiger partial charge in [0.15, 0.2) is 0 Å². The molecule has 1 aromatic rings. The van der Waals surface area contributed by atoms with Crippen LogP contribution in [0.3, 0.4) is 0 Å². The Morgan fingerprint density at radius 1 is 1.17 bits per heavy atom. The Kier molecular flexibility index (Phi) is 4.64. The van der Waals surface area contributed by atoms with Gasteiger partial charge < -0.3 is 5.32 Å². The molecule has 1 N–H and O–H groups in total. The van der Waals surface area contributed by atoms with Gasteiger partial charge in [-0.1, -0.05) is 12.1 Å². The van der Waals surface area contributed by atoms with E-state index in [0.29, 0.717) is 0 Å². The Balaban J connectivity index is 0.000000561. The molecule has 1 nitrogen and oxygen atoms in total. The number of nitrogens with one attached hydrogen (secondary N) is 1. The van der Waals surface area contributed by atoms with Gasteiger partial charge in [-0.2, -0.15) is 0 Å². The minimum atomic E-state index is 1.22. The van der Waals surface area contributed by atoms with Crippen LogP contribution in [0.2, 0.25) is 0 Å². The second-order valence-electron chi connectivity index (χ2n) is 2.57. The number of aryl methyl sites for hydroxylation is 2. The van der Waals surface area contributed by atoms with E-state index >= 15 is 0 Å². The Morgan fingerprint density at radius 2 is 1.75 bits per heavy atom. The van der Waals surface area contributed by atoms with Crippen LogP contribution in [-0.4, -0.2) is 7.05 Å². The number of anilines is 1. The van der Waals surface area contributed by atoms with Crippen molar-refractivity contribution in [2.45, 2.75) is 13.8 Å². The standard InChI is InChI=1S/C9H13N.C2H2/c1-7-4-5-8(2)9(6-7)10-3;1-2/h4-6,10H,1-3H3;1-2H. The van der Waals surface area contributed by atoms with Gasteiger partial charge in [0.2, 0.25) is 0 Å². The average molecular weight is 161 g/mol. The lowest BCUT2D eigenvalue weighted by molar-refractivity contribution is 1.36. The number of hydrogen-bond acceptors (Lipinski definition) is 1. The molecule has 0 radical (unpaired) electrons. The van der Waals surface area contributed by atoms with Crippen LogP contribution < -0.4 is 5.32 Å². The molecule has 0 amide bonds. The van der Waals surface area contributed by atoms with Crippen LogP contribution in [0.4, 0.5) is 5.69 Å². The summed E-state index contributed by atoms with van der Waals surface area (Å²) in [6.07, 6.45) is 8.00. The maximum Gasteiger partial charge on any atom is 0.0369 e. The van der Waals surface area contributed by atoms with Crippen LogP contribution in [0, 0.1) is 26.7 Å². The maximum atomic E-state index is 4.00. The van der Waals surface area contributed by atoms with Gasteiger partial charge in [-0.05, 0) is 31.0 Å². The van der Waals surface area contributed by atoms with Crippen LogP contribution >= 0.6 is 0 Å². The molecule has 64 valence electrons. The van der Waals surface area contributed by atoms with Gasteiger partial charge in [0.1, 0.15) is 0 Å². The molecule has 0 saturated heterocycles. The number of benzene rings is 1. The summed E-state index contributed by atoms with van der Waals surface area (Å²) < 4.78 is 0. The second-order valence-corrected chi connectivity index (χ2v) is 2.57. The Labute approximate surface area is 74.8 Å². The van der Waals surface area contributed by atoms with Crippen molar-refractivity contribution in [1.29, 1.82) is 0 Å². The van der Waals surface area contributed by atoms with Crippen molar-refractivity contribution < 1.29 is 0 Å². The van der Waals surface area contributed by atoms with E-state index < -0.39 is 0 Å². The van der Waals surface area contributed by atoms with E-state index in [2.05, 4.69) is 50.2 Å². The number of rotatable bonds is 1. The Hall–Kier alpha value is -1.42. The highest BCUT2D eigenvalue weighted by atomic mass is 14.8. The Bertz CT molecular complexity index is 261. The fraction of sp³-hybridized carbons (Fsp3) is 0.273. The van der Waals surface area contributed by atoms with Crippen LogP contribution in [0.1, 0.15) is 11.1 Å². The topological polar surface area (TPSA) is 12.0 Å². The van der Waals surface area contributed by atoms with Gasteiger partial charge in [0.25, 0.3) is 0 Å². The van der Waals surface area contributed by atoms with Crippen molar-refractivity contribution in [3.05, 3.63) is 29.3 Å². The van der Waals surface area contributed by atoms with Crippen molar-refractivity contribution in [1.82, 2.24) is 0 Å². The molecule has 0 fully saturated rings. The van der Waals surface area contributed by atoms with E-state index in [1.54, 1.807) is 0 Å². The van der Waals surface area contributed by atoms with Gasteiger partial charge in [0.05, 0.1) is 0 Å². The molecular weight excluding hydrogens is 146 g/mol. The van der Waals surface area contributed by atoms with Crippen molar-refractivity contribution in [3.8, 4) is 12.8 Å². The molecule has 0 atom stereocenters. The average Bonchev–Trinajstić information content (AvgIpc) is 2.13. The molecule has 0 aliphatic carbocycles. The Morgan fingerprint density at radius 3 is 2.17 bits per heavy atom. The molecule has 1 rings (SSSR count). The summed E-state index contributed by atoms with van der Waals surface area (Å²) in [5.74, 6) is 0. The van der Waals surface area contributed by atoms with Crippen molar-refractivity contribution in [2.24, 2.45) is 0 Å². The van der Waals surface area contributed by atoms with E-state index in [4.69, 9.17) is 0 Å². The first-order valence-corrected chi connectivity index (χ1v) is 3.82. The molecule has 12 heavy (non-hydrogen) atoms. The SMILES string of the molecule is C#C.CNc1cc(C)ccc1C. The first-order valence-electron chi connectivity index (χ1n) is 3.82. The molecule has 0 aliphatic heterocycles. The molecule has 0 spiro atoms. The van der Waals surface area contributed by atoms with Crippen molar-refractivity contribution in [2.75, 3.05) is 12.4 Å². The first kappa shape index (κ1) is 10.6. The monoisotopic (exact) mass is 161 g/mol. The molecule has 0 aromatic heterocycles. The largest absolute Gasteiger partial charge is 0.388 e. The summed E-state index contributed by atoms with van der Waals surface area (Å²) in [5.41, 5.74) is 3.82. The van der Waals surface area contributed by atoms with E-state index in [1.165, 1.54) is 16.8 Å². The zero-order valence-corrected chi connectivity index (χ0v) is 7.89. The summed E-state index contributed by atoms with van der Waals surface area (Å²) in [4.78, 5) is 0. The van der Waals surface area contributed by atoms with E-state index in [0.717, 1.165) is 0 Å². The van der Waals surface area contributed by atoms with Gasteiger partial charge in [-0.25, -0.2) is 0 Å². The normalized spacial score (nSPS) is 8.08. The third-order valence-electron chi connectivity index (χ3n) is 1.66. The second kappa shape index (κ2) is 5.26. The molecule has 0 saturated carbocycles. The van der Waals surface area contributed by atoms with Crippen LogP contribution in [0.15, 0.2) is 18.2 Å². The van der Waals surface area contributed by atoms with Gasteiger partial charge in [-0.3, -0.25) is 0 Å². The molecule has 0 unspecified atom stereocenters. The van der Waals surface area contributed by atoms with Crippen molar-refractivity contribution >= 4 is 5.69 Å². The number of terminal acetylenes is 1. The van der Waals surface area contributed by atoms with E-state index in [9.17, 15) is 0 Å². The van der Waals surface area contributed by atoms with Crippen LogP contribution in [0.25, 0.3) is 0 Å². The molecular formula is C11H15N. The third-order valence-corrected chi connectivity index (χ3v) is 1.66. The zero-order chi connectivity index (χ0) is 9.56. The highest BCUT2D eigenvalue weighted by molar-refractivity contribution is 5.51.